The highest BCUT2D eigenvalue weighted by Gasteiger charge is 2.30. The highest BCUT2D eigenvalue weighted by atomic mass is 32.2. The Labute approximate surface area is 118 Å². The molecule has 1 aromatic rings. The van der Waals surface area contributed by atoms with E-state index in [1.807, 2.05) is 17.8 Å². The quantitative estimate of drug-likeness (QED) is 0.651. The number of hydrazine groups is 1. The van der Waals surface area contributed by atoms with Crippen molar-refractivity contribution in [2.75, 3.05) is 22.6 Å². The maximum atomic E-state index is 5.54. The van der Waals surface area contributed by atoms with Gasteiger partial charge in [0, 0.05) is 35.6 Å². The summed E-state index contributed by atoms with van der Waals surface area (Å²) < 4.78 is 0. The van der Waals surface area contributed by atoms with Gasteiger partial charge >= 0.3 is 0 Å². The normalized spacial score (nSPS) is 27.4. The Morgan fingerprint density at radius 2 is 2.16 bits per heavy atom. The topological polar surface area (TPSA) is 67.1 Å². The molecule has 0 bridgehead atoms. The number of nitrogens with one attached hydrogen (secondary N) is 1. The fourth-order valence-electron chi connectivity index (χ4n) is 2.45. The lowest BCUT2D eigenvalue weighted by atomic mass is 10.2. The zero-order valence-electron chi connectivity index (χ0n) is 11.5. The van der Waals surface area contributed by atoms with Gasteiger partial charge in [-0.15, -0.1) is 0 Å². The molecule has 3 rings (SSSR count). The molecule has 2 atom stereocenters. The van der Waals surface area contributed by atoms with E-state index in [0.29, 0.717) is 17.2 Å². The summed E-state index contributed by atoms with van der Waals surface area (Å²) in [6.45, 7) is 5.60. The van der Waals surface area contributed by atoms with Gasteiger partial charge in [-0.05, 0) is 19.8 Å². The average molecular weight is 279 g/mol. The van der Waals surface area contributed by atoms with Gasteiger partial charge in [0.25, 0.3) is 0 Å². The van der Waals surface area contributed by atoms with Crippen molar-refractivity contribution in [3.63, 3.8) is 0 Å². The number of nitrogen functional groups attached to an aromatic ring is 1. The van der Waals surface area contributed by atoms with Crippen LogP contribution in [0.5, 0.6) is 0 Å². The van der Waals surface area contributed by atoms with Crippen molar-refractivity contribution in [2.24, 2.45) is 5.84 Å². The molecule has 1 aliphatic heterocycles. The smallest absolute Gasteiger partial charge is 0.145 e. The van der Waals surface area contributed by atoms with E-state index in [1.54, 1.807) is 0 Å². The van der Waals surface area contributed by atoms with Crippen LogP contribution in [0.4, 0.5) is 11.6 Å². The lowest BCUT2D eigenvalue weighted by Gasteiger charge is -2.38. The van der Waals surface area contributed by atoms with Crippen LogP contribution in [0.15, 0.2) is 6.07 Å². The number of thioether (sulfide) groups is 1. The standard InChI is InChI=1S/C13H21N5S/c1-8-9(2)19-6-5-18(8)12-7-11(17-14)15-13(16-12)10-3-4-10/h7-10H,3-6,14H2,1-2H3,(H,15,16,17). The number of nitrogens with zero attached hydrogens (tertiary/aromatic N) is 3. The third kappa shape index (κ3) is 2.65. The Morgan fingerprint density at radius 3 is 2.84 bits per heavy atom. The van der Waals surface area contributed by atoms with Gasteiger partial charge in [0.05, 0.1) is 0 Å². The van der Waals surface area contributed by atoms with E-state index in [-0.39, 0.29) is 0 Å². The first-order valence-corrected chi connectivity index (χ1v) is 7.97. The molecule has 2 heterocycles. The largest absolute Gasteiger partial charge is 0.352 e. The Kier molecular flexibility index (Phi) is 3.54. The first-order valence-electron chi connectivity index (χ1n) is 6.93. The molecule has 104 valence electrons. The van der Waals surface area contributed by atoms with Crippen LogP contribution < -0.4 is 16.2 Å². The molecule has 1 aromatic heterocycles. The van der Waals surface area contributed by atoms with Gasteiger partial charge in [-0.1, -0.05) is 6.92 Å². The molecule has 0 radical (unpaired) electrons. The number of hydrogen-bond acceptors (Lipinski definition) is 6. The van der Waals surface area contributed by atoms with Gasteiger partial charge in [0.1, 0.15) is 17.5 Å². The van der Waals surface area contributed by atoms with Gasteiger partial charge in [0.15, 0.2) is 0 Å². The Hall–Kier alpha value is -1.01. The first kappa shape index (κ1) is 13.0. The van der Waals surface area contributed by atoms with Gasteiger partial charge in [0.2, 0.25) is 0 Å². The van der Waals surface area contributed by atoms with E-state index in [1.165, 1.54) is 12.8 Å². The van der Waals surface area contributed by atoms with Crippen molar-refractivity contribution in [2.45, 2.75) is 43.9 Å². The molecule has 3 N–H and O–H groups in total. The minimum absolute atomic E-state index is 0.492. The maximum Gasteiger partial charge on any atom is 0.145 e. The van der Waals surface area contributed by atoms with Gasteiger partial charge in [-0.3, -0.25) is 0 Å². The monoisotopic (exact) mass is 279 g/mol. The summed E-state index contributed by atoms with van der Waals surface area (Å²) in [6, 6.07) is 2.46. The van der Waals surface area contributed by atoms with Gasteiger partial charge < -0.3 is 10.3 Å². The van der Waals surface area contributed by atoms with E-state index in [9.17, 15) is 0 Å². The summed E-state index contributed by atoms with van der Waals surface area (Å²) in [5, 5.41) is 0.627. The van der Waals surface area contributed by atoms with Crippen LogP contribution in [0.2, 0.25) is 0 Å². The molecule has 0 spiro atoms. The van der Waals surface area contributed by atoms with Crippen LogP contribution in [0.1, 0.15) is 38.4 Å². The third-order valence-corrected chi connectivity index (χ3v) is 5.34. The zero-order valence-corrected chi connectivity index (χ0v) is 12.3. The molecular weight excluding hydrogens is 258 g/mol. The molecule has 0 amide bonds. The molecule has 5 nitrogen and oxygen atoms in total. The summed E-state index contributed by atoms with van der Waals surface area (Å²) in [6.07, 6.45) is 2.41. The van der Waals surface area contributed by atoms with Crippen molar-refractivity contribution in [1.82, 2.24) is 9.97 Å². The number of anilines is 2. The summed E-state index contributed by atoms with van der Waals surface area (Å²) in [5.74, 6) is 9.92. The van der Waals surface area contributed by atoms with Crippen LogP contribution in [0.3, 0.4) is 0 Å². The maximum absolute atomic E-state index is 5.54. The van der Waals surface area contributed by atoms with Crippen molar-refractivity contribution in [1.29, 1.82) is 0 Å². The molecule has 2 aliphatic rings. The van der Waals surface area contributed by atoms with Crippen molar-refractivity contribution < 1.29 is 0 Å². The predicted molar refractivity (Wildman–Crippen MR) is 80.5 cm³/mol. The molecule has 1 aliphatic carbocycles. The second kappa shape index (κ2) is 5.17. The lowest BCUT2D eigenvalue weighted by molar-refractivity contribution is 0.618. The number of nitrogens with two attached hydrogens (primary N) is 1. The lowest BCUT2D eigenvalue weighted by Crippen LogP contribution is -2.45. The molecule has 1 saturated carbocycles. The molecular formula is C13H21N5S. The third-order valence-electron chi connectivity index (χ3n) is 4.00. The highest BCUT2D eigenvalue weighted by molar-refractivity contribution is 8.00. The van der Waals surface area contributed by atoms with Crippen LogP contribution in [-0.2, 0) is 0 Å². The van der Waals surface area contributed by atoms with Crippen molar-refractivity contribution in [3.8, 4) is 0 Å². The molecule has 6 heteroatoms. The van der Waals surface area contributed by atoms with Crippen LogP contribution in [0, 0.1) is 0 Å². The summed E-state index contributed by atoms with van der Waals surface area (Å²) >= 11 is 2.03. The SMILES string of the molecule is CC1SCCN(c2cc(NN)nc(C3CC3)n2)C1C. The van der Waals surface area contributed by atoms with Crippen molar-refractivity contribution in [3.05, 3.63) is 11.9 Å². The summed E-state index contributed by atoms with van der Waals surface area (Å²) in [4.78, 5) is 11.6. The summed E-state index contributed by atoms with van der Waals surface area (Å²) in [7, 11) is 0. The van der Waals surface area contributed by atoms with E-state index >= 15 is 0 Å². The van der Waals surface area contributed by atoms with Gasteiger partial charge in [-0.25, -0.2) is 15.8 Å². The second-order valence-electron chi connectivity index (χ2n) is 5.40. The fourth-order valence-corrected chi connectivity index (χ4v) is 3.55. The number of rotatable bonds is 3. The zero-order chi connectivity index (χ0) is 13.4. The summed E-state index contributed by atoms with van der Waals surface area (Å²) in [5.41, 5.74) is 2.67. The van der Waals surface area contributed by atoms with Crippen LogP contribution >= 0.6 is 11.8 Å². The molecule has 0 aromatic carbocycles. The predicted octanol–water partition coefficient (Wildman–Crippen LogP) is 1.97. The fraction of sp³-hybridized carbons (Fsp3) is 0.692. The molecule has 2 fully saturated rings. The number of aromatic nitrogens is 2. The van der Waals surface area contributed by atoms with E-state index < -0.39 is 0 Å². The highest BCUT2D eigenvalue weighted by Crippen LogP contribution is 2.39. The molecule has 2 unspecified atom stereocenters. The van der Waals surface area contributed by atoms with Crippen LogP contribution in [0.25, 0.3) is 0 Å². The van der Waals surface area contributed by atoms with Gasteiger partial charge in [-0.2, -0.15) is 11.8 Å². The Morgan fingerprint density at radius 1 is 1.37 bits per heavy atom. The minimum atomic E-state index is 0.492. The van der Waals surface area contributed by atoms with Crippen LogP contribution in [-0.4, -0.2) is 33.6 Å². The Bertz CT molecular complexity index is 462. The number of hydrogen-bond donors (Lipinski definition) is 2. The average Bonchev–Trinajstić information content (AvgIpc) is 3.26. The Balaban J connectivity index is 1.91. The van der Waals surface area contributed by atoms with Crippen molar-refractivity contribution >= 4 is 23.4 Å². The first-order chi connectivity index (χ1) is 9.19. The minimum Gasteiger partial charge on any atom is -0.352 e. The second-order valence-corrected chi connectivity index (χ2v) is 6.88. The van der Waals surface area contributed by atoms with E-state index in [4.69, 9.17) is 10.8 Å². The molecule has 1 saturated heterocycles. The molecule has 19 heavy (non-hydrogen) atoms. The van der Waals surface area contributed by atoms with E-state index in [0.717, 1.165) is 29.8 Å². The van der Waals surface area contributed by atoms with E-state index in [2.05, 4.69) is 29.2 Å².